The molecule has 0 bridgehead atoms. The molecule has 1 unspecified atom stereocenters. The molecular formula is C13H21N3. The van der Waals surface area contributed by atoms with Crippen molar-refractivity contribution in [3.05, 3.63) is 23.5 Å². The molecule has 0 aliphatic carbocycles. The van der Waals surface area contributed by atoms with Gasteiger partial charge in [-0.15, -0.1) is 0 Å². The van der Waals surface area contributed by atoms with Gasteiger partial charge in [0.1, 0.15) is 0 Å². The summed E-state index contributed by atoms with van der Waals surface area (Å²) >= 11 is 0. The first-order valence-corrected chi connectivity index (χ1v) is 6.11. The molecule has 1 aliphatic heterocycles. The van der Waals surface area contributed by atoms with E-state index in [-0.39, 0.29) is 0 Å². The van der Waals surface area contributed by atoms with Gasteiger partial charge in [-0.1, -0.05) is 6.92 Å². The van der Waals surface area contributed by atoms with Crippen LogP contribution in [0.2, 0.25) is 0 Å². The van der Waals surface area contributed by atoms with Crippen LogP contribution in [0.25, 0.3) is 0 Å². The number of hydrogen-bond donors (Lipinski definition) is 1. The first-order valence-electron chi connectivity index (χ1n) is 6.11. The Kier molecular flexibility index (Phi) is 3.44. The highest BCUT2D eigenvalue weighted by molar-refractivity contribution is 5.53. The summed E-state index contributed by atoms with van der Waals surface area (Å²) in [5, 5.41) is 0. The molecule has 1 aromatic rings. The minimum Gasteiger partial charge on any atom is -0.371 e. The molecule has 2 N–H and O–H groups in total. The average Bonchev–Trinajstić information content (AvgIpc) is 2.29. The van der Waals surface area contributed by atoms with Crippen LogP contribution in [0.5, 0.6) is 0 Å². The van der Waals surface area contributed by atoms with Crippen molar-refractivity contribution in [2.45, 2.75) is 33.2 Å². The number of nitrogens with zero attached hydrogens (tertiary/aromatic N) is 2. The van der Waals surface area contributed by atoms with Crippen LogP contribution >= 0.6 is 0 Å². The number of pyridine rings is 1. The van der Waals surface area contributed by atoms with Crippen molar-refractivity contribution in [3.63, 3.8) is 0 Å². The van der Waals surface area contributed by atoms with E-state index in [1.54, 1.807) is 0 Å². The van der Waals surface area contributed by atoms with Crippen LogP contribution in [0.15, 0.2) is 12.3 Å². The average molecular weight is 219 g/mol. The number of nitrogens with two attached hydrogens (primary N) is 1. The van der Waals surface area contributed by atoms with Gasteiger partial charge in [0.15, 0.2) is 0 Å². The normalized spacial score (nSPS) is 21.2. The maximum absolute atomic E-state index is 5.78. The molecule has 2 heterocycles. The van der Waals surface area contributed by atoms with Crippen LogP contribution in [0.3, 0.4) is 0 Å². The van der Waals surface area contributed by atoms with Gasteiger partial charge in [0, 0.05) is 42.8 Å². The minimum absolute atomic E-state index is 0.577. The Balaban J connectivity index is 2.26. The van der Waals surface area contributed by atoms with E-state index in [9.17, 15) is 0 Å². The van der Waals surface area contributed by atoms with Crippen molar-refractivity contribution in [2.75, 3.05) is 18.0 Å². The fourth-order valence-corrected chi connectivity index (χ4v) is 2.43. The van der Waals surface area contributed by atoms with E-state index in [1.165, 1.54) is 24.1 Å². The number of aryl methyl sites for hydroxylation is 1. The fourth-order valence-electron chi connectivity index (χ4n) is 2.43. The first kappa shape index (κ1) is 11.4. The summed E-state index contributed by atoms with van der Waals surface area (Å²) in [7, 11) is 0. The Morgan fingerprint density at radius 1 is 1.56 bits per heavy atom. The third kappa shape index (κ3) is 2.35. The smallest absolute Gasteiger partial charge is 0.0445 e. The molecule has 0 aromatic carbocycles. The molecule has 2 rings (SSSR count). The van der Waals surface area contributed by atoms with Crippen LogP contribution in [0, 0.1) is 12.8 Å². The van der Waals surface area contributed by atoms with E-state index in [4.69, 9.17) is 5.73 Å². The van der Waals surface area contributed by atoms with E-state index >= 15 is 0 Å². The molecule has 0 amide bonds. The highest BCUT2D eigenvalue weighted by Gasteiger charge is 2.18. The zero-order valence-corrected chi connectivity index (χ0v) is 10.2. The molecule has 1 fully saturated rings. The molecule has 16 heavy (non-hydrogen) atoms. The molecular weight excluding hydrogens is 198 g/mol. The highest BCUT2D eigenvalue weighted by atomic mass is 15.1. The van der Waals surface area contributed by atoms with E-state index < -0.39 is 0 Å². The standard InChI is InChI=1S/C13H21N3/c1-10-4-3-5-16(9-10)13-6-11(2)15-8-12(13)7-14/h6,8,10H,3-5,7,9,14H2,1-2H3. The summed E-state index contributed by atoms with van der Waals surface area (Å²) in [6.07, 6.45) is 4.55. The first-order chi connectivity index (χ1) is 7.70. The Labute approximate surface area is 97.7 Å². The summed E-state index contributed by atoms with van der Waals surface area (Å²) in [6.45, 7) is 7.24. The molecule has 88 valence electrons. The van der Waals surface area contributed by atoms with Crippen molar-refractivity contribution in [3.8, 4) is 0 Å². The second kappa shape index (κ2) is 4.83. The largest absolute Gasteiger partial charge is 0.371 e. The van der Waals surface area contributed by atoms with Gasteiger partial charge in [0.25, 0.3) is 0 Å². The van der Waals surface area contributed by atoms with Crippen LogP contribution in [-0.4, -0.2) is 18.1 Å². The zero-order chi connectivity index (χ0) is 11.5. The minimum atomic E-state index is 0.577. The van der Waals surface area contributed by atoms with E-state index in [0.717, 1.165) is 24.7 Å². The molecule has 3 nitrogen and oxygen atoms in total. The summed E-state index contributed by atoms with van der Waals surface area (Å²) < 4.78 is 0. The molecule has 1 aromatic heterocycles. The van der Waals surface area contributed by atoms with Gasteiger partial charge in [-0.05, 0) is 31.7 Å². The van der Waals surface area contributed by atoms with Crippen molar-refractivity contribution < 1.29 is 0 Å². The van der Waals surface area contributed by atoms with E-state index in [2.05, 4.69) is 22.9 Å². The van der Waals surface area contributed by atoms with Gasteiger partial charge < -0.3 is 10.6 Å². The lowest BCUT2D eigenvalue weighted by Gasteiger charge is -2.34. The zero-order valence-electron chi connectivity index (χ0n) is 10.2. The van der Waals surface area contributed by atoms with Crippen molar-refractivity contribution in [1.82, 2.24) is 4.98 Å². The summed E-state index contributed by atoms with van der Waals surface area (Å²) in [5.41, 5.74) is 9.31. The van der Waals surface area contributed by atoms with E-state index in [0.29, 0.717) is 6.54 Å². The molecule has 1 saturated heterocycles. The highest BCUT2D eigenvalue weighted by Crippen LogP contribution is 2.26. The van der Waals surface area contributed by atoms with Crippen LogP contribution in [0.1, 0.15) is 31.0 Å². The summed E-state index contributed by atoms with van der Waals surface area (Å²) in [4.78, 5) is 6.78. The Hall–Kier alpha value is -1.09. The van der Waals surface area contributed by atoms with Crippen LogP contribution < -0.4 is 10.6 Å². The predicted molar refractivity (Wildman–Crippen MR) is 67.5 cm³/mol. The Morgan fingerprint density at radius 2 is 2.38 bits per heavy atom. The second-order valence-electron chi connectivity index (χ2n) is 4.85. The van der Waals surface area contributed by atoms with Gasteiger partial charge in [-0.2, -0.15) is 0 Å². The number of anilines is 1. The molecule has 0 saturated carbocycles. The van der Waals surface area contributed by atoms with Crippen LogP contribution in [-0.2, 0) is 6.54 Å². The molecule has 1 aliphatic rings. The van der Waals surface area contributed by atoms with Gasteiger partial charge in [-0.25, -0.2) is 0 Å². The topological polar surface area (TPSA) is 42.1 Å². The Morgan fingerprint density at radius 3 is 3.06 bits per heavy atom. The lowest BCUT2D eigenvalue weighted by Crippen LogP contribution is -2.35. The third-order valence-electron chi connectivity index (χ3n) is 3.32. The number of aromatic nitrogens is 1. The quantitative estimate of drug-likeness (QED) is 0.828. The van der Waals surface area contributed by atoms with Crippen molar-refractivity contribution in [2.24, 2.45) is 11.7 Å². The monoisotopic (exact) mass is 219 g/mol. The lowest BCUT2D eigenvalue weighted by molar-refractivity contribution is 0.446. The molecule has 0 spiro atoms. The fraction of sp³-hybridized carbons (Fsp3) is 0.615. The van der Waals surface area contributed by atoms with Crippen LogP contribution in [0.4, 0.5) is 5.69 Å². The second-order valence-corrected chi connectivity index (χ2v) is 4.85. The third-order valence-corrected chi connectivity index (χ3v) is 3.32. The predicted octanol–water partition coefficient (Wildman–Crippen LogP) is 2.09. The molecule has 0 radical (unpaired) electrons. The molecule has 1 atom stereocenters. The van der Waals surface area contributed by atoms with Gasteiger partial charge in [-0.3, -0.25) is 4.98 Å². The molecule has 3 heteroatoms. The number of rotatable bonds is 2. The lowest BCUT2D eigenvalue weighted by atomic mass is 9.99. The van der Waals surface area contributed by atoms with Gasteiger partial charge >= 0.3 is 0 Å². The SMILES string of the molecule is Cc1cc(N2CCCC(C)C2)c(CN)cn1. The Bertz CT molecular complexity index is 362. The summed E-state index contributed by atoms with van der Waals surface area (Å²) in [5.74, 6) is 0.785. The van der Waals surface area contributed by atoms with Crippen molar-refractivity contribution in [1.29, 1.82) is 0 Å². The van der Waals surface area contributed by atoms with Gasteiger partial charge in [0.2, 0.25) is 0 Å². The summed E-state index contributed by atoms with van der Waals surface area (Å²) in [6, 6.07) is 2.17. The van der Waals surface area contributed by atoms with Gasteiger partial charge in [0.05, 0.1) is 0 Å². The maximum atomic E-state index is 5.78. The van der Waals surface area contributed by atoms with Crippen molar-refractivity contribution >= 4 is 5.69 Å². The number of piperidine rings is 1. The van der Waals surface area contributed by atoms with E-state index in [1.807, 2.05) is 13.1 Å². The maximum Gasteiger partial charge on any atom is 0.0445 e. The number of hydrogen-bond acceptors (Lipinski definition) is 3.